The molecule has 1 amide bonds. The monoisotopic (exact) mass is 395 g/mol. The zero-order valence-corrected chi connectivity index (χ0v) is 15.9. The molecule has 7 heteroatoms. The third kappa shape index (κ3) is 5.64. The Labute approximate surface area is 162 Å². The van der Waals surface area contributed by atoms with E-state index in [4.69, 9.17) is 32.7 Å². The van der Waals surface area contributed by atoms with Gasteiger partial charge in [0.1, 0.15) is 5.75 Å². The van der Waals surface area contributed by atoms with Gasteiger partial charge in [0.15, 0.2) is 6.61 Å². The van der Waals surface area contributed by atoms with Crippen LogP contribution >= 0.6 is 23.2 Å². The predicted octanol–water partition coefficient (Wildman–Crippen LogP) is 3.97. The maximum atomic E-state index is 12.0. The minimum atomic E-state index is -0.550. The number of carbonyl (C=O) groups is 2. The highest BCUT2D eigenvalue weighted by Crippen LogP contribution is 2.24. The van der Waals surface area contributed by atoms with Crippen molar-refractivity contribution in [2.45, 2.75) is 19.4 Å². The molecule has 0 heterocycles. The van der Waals surface area contributed by atoms with E-state index < -0.39 is 11.9 Å². The zero-order valence-electron chi connectivity index (χ0n) is 14.4. The van der Waals surface area contributed by atoms with Gasteiger partial charge in [0.25, 0.3) is 5.91 Å². The molecule has 1 atom stereocenters. The van der Waals surface area contributed by atoms with E-state index in [0.29, 0.717) is 21.4 Å². The number of methoxy groups -OCH3 is 1. The fourth-order valence-electron chi connectivity index (χ4n) is 2.43. The summed E-state index contributed by atoms with van der Waals surface area (Å²) in [7, 11) is 1.50. The molecule has 0 spiro atoms. The summed E-state index contributed by atoms with van der Waals surface area (Å²) in [6, 6.07) is 11.9. The van der Waals surface area contributed by atoms with Crippen molar-refractivity contribution in [3.8, 4) is 5.75 Å². The number of rotatable bonds is 7. The summed E-state index contributed by atoms with van der Waals surface area (Å²) in [6.45, 7) is 1.42. The first kappa shape index (κ1) is 20.1. The molecule has 0 aliphatic rings. The number of esters is 1. The molecule has 2 aromatic carbocycles. The van der Waals surface area contributed by atoms with Crippen LogP contribution in [0.15, 0.2) is 42.5 Å². The van der Waals surface area contributed by atoms with Crippen molar-refractivity contribution in [2.75, 3.05) is 13.7 Å². The normalized spacial score (nSPS) is 11.5. The zero-order chi connectivity index (χ0) is 19.1. The second-order valence-corrected chi connectivity index (χ2v) is 6.45. The van der Waals surface area contributed by atoms with Crippen molar-refractivity contribution in [1.82, 2.24) is 5.32 Å². The van der Waals surface area contributed by atoms with Crippen molar-refractivity contribution in [2.24, 2.45) is 0 Å². The molecule has 2 rings (SSSR count). The van der Waals surface area contributed by atoms with Crippen LogP contribution in [0.5, 0.6) is 5.75 Å². The van der Waals surface area contributed by atoms with Crippen LogP contribution < -0.4 is 10.1 Å². The second-order valence-electron chi connectivity index (χ2n) is 5.60. The smallest absolute Gasteiger partial charge is 0.310 e. The van der Waals surface area contributed by atoms with Gasteiger partial charge < -0.3 is 14.8 Å². The summed E-state index contributed by atoms with van der Waals surface area (Å²) >= 11 is 12.0. The van der Waals surface area contributed by atoms with Gasteiger partial charge in [-0.1, -0.05) is 41.4 Å². The number of hydrogen-bond donors (Lipinski definition) is 1. The van der Waals surface area contributed by atoms with E-state index in [1.54, 1.807) is 31.2 Å². The van der Waals surface area contributed by atoms with Crippen LogP contribution in [0.3, 0.4) is 0 Å². The SMILES string of the molecule is COc1ccc(Cl)cc1CC(=O)OCC(=O)N[C@H](C)c1ccccc1Cl. The van der Waals surface area contributed by atoms with E-state index in [1.165, 1.54) is 7.11 Å². The van der Waals surface area contributed by atoms with E-state index in [-0.39, 0.29) is 19.1 Å². The average Bonchev–Trinajstić information content (AvgIpc) is 2.60. The molecule has 0 saturated heterocycles. The maximum Gasteiger partial charge on any atom is 0.310 e. The molecule has 5 nitrogen and oxygen atoms in total. The Bertz CT molecular complexity index is 795. The largest absolute Gasteiger partial charge is 0.496 e. The lowest BCUT2D eigenvalue weighted by atomic mass is 10.1. The fourth-order valence-corrected chi connectivity index (χ4v) is 2.92. The minimum Gasteiger partial charge on any atom is -0.496 e. The summed E-state index contributed by atoms with van der Waals surface area (Å²) in [5, 5.41) is 3.79. The molecular formula is C19H19Cl2NO4. The summed E-state index contributed by atoms with van der Waals surface area (Å²) in [5.74, 6) is -0.432. The number of amides is 1. The number of carbonyl (C=O) groups excluding carboxylic acids is 2. The van der Waals surface area contributed by atoms with E-state index in [1.807, 2.05) is 18.2 Å². The van der Waals surface area contributed by atoms with Crippen LogP contribution in [0.25, 0.3) is 0 Å². The first-order chi connectivity index (χ1) is 12.4. The molecule has 138 valence electrons. The lowest BCUT2D eigenvalue weighted by Crippen LogP contribution is -2.31. The van der Waals surface area contributed by atoms with Crippen molar-refractivity contribution in [3.63, 3.8) is 0 Å². The highest BCUT2D eigenvalue weighted by Gasteiger charge is 2.15. The first-order valence-electron chi connectivity index (χ1n) is 7.92. The quantitative estimate of drug-likeness (QED) is 0.720. The molecule has 0 fully saturated rings. The summed E-state index contributed by atoms with van der Waals surface area (Å²) in [5.41, 5.74) is 1.38. The molecule has 0 radical (unpaired) electrons. The Morgan fingerprint density at radius 3 is 2.58 bits per heavy atom. The number of hydrogen-bond acceptors (Lipinski definition) is 4. The van der Waals surface area contributed by atoms with Gasteiger partial charge in [-0.25, -0.2) is 0 Å². The molecule has 0 aliphatic heterocycles. The minimum absolute atomic E-state index is 0.0446. The average molecular weight is 396 g/mol. The summed E-state index contributed by atoms with van der Waals surface area (Å²) in [4.78, 5) is 24.0. The van der Waals surface area contributed by atoms with Crippen molar-refractivity contribution >= 4 is 35.1 Å². The second kappa shape index (κ2) is 9.46. The summed E-state index contributed by atoms with van der Waals surface area (Å²) < 4.78 is 10.2. The van der Waals surface area contributed by atoms with Crippen molar-refractivity contribution < 1.29 is 19.1 Å². The topological polar surface area (TPSA) is 64.6 Å². The van der Waals surface area contributed by atoms with Crippen molar-refractivity contribution in [1.29, 1.82) is 0 Å². The van der Waals surface area contributed by atoms with Crippen LogP contribution in [0, 0.1) is 0 Å². The van der Waals surface area contributed by atoms with Gasteiger partial charge >= 0.3 is 5.97 Å². The van der Waals surface area contributed by atoms with E-state index in [9.17, 15) is 9.59 Å². The molecule has 0 aliphatic carbocycles. The van der Waals surface area contributed by atoms with Crippen LogP contribution in [0.2, 0.25) is 10.0 Å². The van der Waals surface area contributed by atoms with Gasteiger partial charge in [-0.3, -0.25) is 9.59 Å². The molecule has 2 aromatic rings. The molecule has 0 bridgehead atoms. The van der Waals surface area contributed by atoms with Crippen LogP contribution in [-0.2, 0) is 20.7 Å². The Morgan fingerprint density at radius 2 is 1.88 bits per heavy atom. The molecule has 26 heavy (non-hydrogen) atoms. The van der Waals surface area contributed by atoms with E-state index >= 15 is 0 Å². The Hall–Kier alpha value is -2.24. The molecular weight excluding hydrogens is 377 g/mol. The van der Waals surface area contributed by atoms with Crippen LogP contribution in [0.4, 0.5) is 0 Å². The van der Waals surface area contributed by atoms with Crippen LogP contribution in [-0.4, -0.2) is 25.6 Å². The van der Waals surface area contributed by atoms with Crippen LogP contribution in [0.1, 0.15) is 24.1 Å². The number of nitrogens with one attached hydrogen (secondary N) is 1. The lowest BCUT2D eigenvalue weighted by Gasteiger charge is -2.15. The molecule has 0 saturated carbocycles. The van der Waals surface area contributed by atoms with Gasteiger partial charge in [0.2, 0.25) is 0 Å². The molecule has 1 N–H and O–H groups in total. The van der Waals surface area contributed by atoms with Gasteiger partial charge in [-0.15, -0.1) is 0 Å². The number of halogens is 2. The Balaban J connectivity index is 1.86. The molecule has 0 aromatic heterocycles. The van der Waals surface area contributed by atoms with E-state index in [0.717, 1.165) is 5.56 Å². The molecule has 0 unspecified atom stereocenters. The highest BCUT2D eigenvalue weighted by atomic mass is 35.5. The number of ether oxygens (including phenoxy) is 2. The number of benzene rings is 2. The predicted molar refractivity (Wildman–Crippen MR) is 101 cm³/mol. The van der Waals surface area contributed by atoms with E-state index in [2.05, 4.69) is 5.32 Å². The summed E-state index contributed by atoms with van der Waals surface area (Å²) in [6.07, 6.45) is -0.0446. The standard InChI is InChI=1S/C19H19Cl2NO4/c1-12(15-5-3-4-6-16(15)21)22-18(23)11-26-19(24)10-13-9-14(20)7-8-17(13)25-2/h3-9,12H,10-11H2,1-2H3,(H,22,23)/t12-/m1/s1. The third-order valence-corrected chi connectivity index (χ3v) is 4.27. The first-order valence-corrected chi connectivity index (χ1v) is 8.68. The Kier molecular flexibility index (Phi) is 7.30. The van der Waals surface area contributed by atoms with Gasteiger partial charge in [-0.2, -0.15) is 0 Å². The Morgan fingerprint density at radius 1 is 1.15 bits per heavy atom. The van der Waals surface area contributed by atoms with Gasteiger partial charge in [0, 0.05) is 15.6 Å². The van der Waals surface area contributed by atoms with Crippen molar-refractivity contribution in [3.05, 3.63) is 63.6 Å². The third-order valence-electron chi connectivity index (χ3n) is 3.69. The highest BCUT2D eigenvalue weighted by molar-refractivity contribution is 6.31. The van der Waals surface area contributed by atoms with Gasteiger partial charge in [-0.05, 0) is 36.8 Å². The fraction of sp³-hybridized carbons (Fsp3) is 0.263. The lowest BCUT2D eigenvalue weighted by molar-refractivity contribution is -0.148. The maximum absolute atomic E-state index is 12.0. The van der Waals surface area contributed by atoms with Gasteiger partial charge in [0.05, 0.1) is 19.6 Å².